The molecule has 3 aliphatic rings. The summed E-state index contributed by atoms with van der Waals surface area (Å²) in [7, 11) is -4.87. The number of ether oxygens (including phenoxy) is 2. The predicted octanol–water partition coefficient (Wildman–Crippen LogP) is 0.0632. The molecule has 3 saturated heterocycles. The summed E-state index contributed by atoms with van der Waals surface area (Å²) in [6, 6.07) is -2.32. The Hall–Kier alpha value is -2.20. The van der Waals surface area contributed by atoms with Gasteiger partial charge in [0.25, 0.3) is 5.91 Å². The normalized spacial score (nSPS) is 26.2. The van der Waals surface area contributed by atoms with Gasteiger partial charge in [0, 0.05) is 19.7 Å². The van der Waals surface area contributed by atoms with E-state index in [0.717, 1.165) is 4.90 Å². The van der Waals surface area contributed by atoms with Gasteiger partial charge >= 0.3 is 22.5 Å². The molecule has 3 fully saturated rings. The lowest BCUT2D eigenvalue weighted by Crippen LogP contribution is -2.50. The van der Waals surface area contributed by atoms with E-state index in [1.807, 2.05) is 0 Å². The highest BCUT2D eigenvalue weighted by atomic mass is 32.3. The minimum absolute atomic E-state index is 0.0354. The van der Waals surface area contributed by atoms with Gasteiger partial charge in [0.05, 0.1) is 12.6 Å². The van der Waals surface area contributed by atoms with Crippen LogP contribution in [0.15, 0.2) is 0 Å². The molecule has 2 N–H and O–H groups in total. The maximum absolute atomic E-state index is 12.6. The summed E-state index contributed by atoms with van der Waals surface area (Å²) in [5, 5.41) is 0.564. The van der Waals surface area contributed by atoms with Gasteiger partial charge in [0.1, 0.15) is 24.4 Å². The fourth-order valence-corrected chi connectivity index (χ4v) is 4.25. The van der Waals surface area contributed by atoms with Gasteiger partial charge in [0.15, 0.2) is 0 Å². The largest absolute Gasteiger partial charge is 0.444 e. The summed E-state index contributed by atoms with van der Waals surface area (Å²) in [5.74, 6) is -0.590. The molecule has 0 aromatic heterocycles. The molecule has 0 aromatic rings. The van der Waals surface area contributed by atoms with E-state index < -0.39 is 52.2 Å². The molecule has 3 heterocycles. The van der Waals surface area contributed by atoms with Crippen molar-refractivity contribution >= 4 is 28.4 Å². The van der Waals surface area contributed by atoms with Gasteiger partial charge in [-0.2, -0.15) is 13.5 Å². The standard InChI is InChI=1S/C18H30N4O10S/c1-18(2,3)31-17(25)20-7-4-8-29-13(10-20)11-30-19-15(23)14-6-5-12-9-21(14)16(24)22(12)32-33(26,27)28/h12-14H,4-11H2,1-3H3,(H,19,23)(H,26,27,28)/t12-,13?,14-/m0/s1. The maximum Gasteiger partial charge on any atom is 0.418 e. The molecule has 2 bridgehead atoms. The van der Waals surface area contributed by atoms with E-state index in [9.17, 15) is 22.8 Å². The van der Waals surface area contributed by atoms with Crippen molar-refractivity contribution in [3.05, 3.63) is 0 Å². The summed E-state index contributed by atoms with van der Waals surface area (Å²) in [6.45, 7) is 6.49. The summed E-state index contributed by atoms with van der Waals surface area (Å²) < 4.78 is 46.2. The van der Waals surface area contributed by atoms with Crippen molar-refractivity contribution in [2.45, 2.75) is 63.8 Å². The molecule has 188 valence electrons. The number of urea groups is 1. The van der Waals surface area contributed by atoms with Crippen LogP contribution in [0.1, 0.15) is 40.0 Å². The smallest absolute Gasteiger partial charge is 0.418 e. The van der Waals surface area contributed by atoms with E-state index in [-0.39, 0.29) is 26.1 Å². The van der Waals surface area contributed by atoms with Crippen LogP contribution in [0, 0.1) is 0 Å². The third-order valence-electron chi connectivity index (χ3n) is 5.24. The molecule has 0 aromatic carbocycles. The van der Waals surface area contributed by atoms with Crippen LogP contribution in [0.25, 0.3) is 0 Å². The lowest BCUT2D eigenvalue weighted by Gasteiger charge is -2.29. The van der Waals surface area contributed by atoms with E-state index in [1.54, 1.807) is 20.8 Å². The van der Waals surface area contributed by atoms with Crippen LogP contribution < -0.4 is 5.48 Å². The zero-order valence-electron chi connectivity index (χ0n) is 18.8. The van der Waals surface area contributed by atoms with Crippen LogP contribution in [-0.2, 0) is 33.8 Å². The highest BCUT2D eigenvalue weighted by Gasteiger charge is 2.49. The molecule has 14 nitrogen and oxygen atoms in total. The summed E-state index contributed by atoms with van der Waals surface area (Å²) >= 11 is 0. The van der Waals surface area contributed by atoms with E-state index in [2.05, 4.69) is 9.76 Å². The number of amides is 4. The second-order valence-corrected chi connectivity index (χ2v) is 10.1. The SMILES string of the molecule is CC(C)(C)OC(=O)N1CCCOC(CONC(=O)[C@@H]2CC[C@H]3CN2C(=O)N3OS(=O)(=O)O)C1. The molecule has 33 heavy (non-hydrogen) atoms. The minimum atomic E-state index is -4.87. The van der Waals surface area contributed by atoms with E-state index >= 15 is 0 Å². The Morgan fingerprint density at radius 2 is 1.97 bits per heavy atom. The molecule has 0 aliphatic carbocycles. The highest BCUT2D eigenvalue weighted by molar-refractivity contribution is 7.80. The van der Waals surface area contributed by atoms with Crippen LogP contribution in [0.2, 0.25) is 0 Å². The Bertz CT molecular complexity index is 861. The molecule has 1 unspecified atom stereocenters. The Labute approximate surface area is 191 Å². The van der Waals surface area contributed by atoms with E-state index in [1.165, 1.54) is 4.90 Å². The van der Waals surface area contributed by atoms with Gasteiger partial charge in [-0.05, 0) is 40.0 Å². The van der Waals surface area contributed by atoms with Gasteiger partial charge < -0.3 is 19.3 Å². The Kier molecular flexibility index (Phi) is 7.68. The minimum Gasteiger partial charge on any atom is -0.444 e. The first-order chi connectivity index (χ1) is 15.3. The molecule has 3 atom stereocenters. The fourth-order valence-electron chi connectivity index (χ4n) is 3.87. The van der Waals surface area contributed by atoms with Crippen LogP contribution in [-0.4, -0.2) is 103 Å². The quantitative estimate of drug-likeness (QED) is 0.381. The van der Waals surface area contributed by atoms with Crippen molar-refractivity contribution in [2.24, 2.45) is 0 Å². The summed E-state index contributed by atoms with van der Waals surface area (Å²) in [5.41, 5.74) is 1.67. The monoisotopic (exact) mass is 494 g/mol. The zero-order valence-corrected chi connectivity index (χ0v) is 19.6. The van der Waals surface area contributed by atoms with E-state index in [4.69, 9.17) is 18.9 Å². The molecule has 3 rings (SSSR count). The second-order valence-electron chi connectivity index (χ2n) is 9.06. The van der Waals surface area contributed by atoms with Gasteiger partial charge in [-0.1, -0.05) is 0 Å². The number of hydrogen-bond donors (Lipinski definition) is 2. The van der Waals surface area contributed by atoms with Crippen LogP contribution in [0.5, 0.6) is 0 Å². The molecular weight excluding hydrogens is 464 g/mol. The number of nitrogens with one attached hydrogen (secondary N) is 1. The summed E-state index contributed by atoms with van der Waals surface area (Å²) in [4.78, 5) is 45.3. The summed E-state index contributed by atoms with van der Waals surface area (Å²) in [6.07, 6.45) is 0.228. The number of piperidine rings is 1. The predicted molar refractivity (Wildman–Crippen MR) is 110 cm³/mol. The van der Waals surface area contributed by atoms with Crippen molar-refractivity contribution in [1.29, 1.82) is 0 Å². The molecule has 0 radical (unpaired) electrons. The van der Waals surface area contributed by atoms with Gasteiger partial charge in [-0.25, -0.2) is 15.1 Å². The number of rotatable bonds is 6. The lowest BCUT2D eigenvalue weighted by atomic mass is 10.0. The van der Waals surface area contributed by atoms with Crippen LogP contribution >= 0.6 is 0 Å². The average molecular weight is 495 g/mol. The molecule has 15 heteroatoms. The number of hydrogen-bond acceptors (Lipinski definition) is 9. The van der Waals surface area contributed by atoms with Crippen molar-refractivity contribution < 1.29 is 45.9 Å². The van der Waals surface area contributed by atoms with Crippen LogP contribution in [0.4, 0.5) is 9.59 Å². The lowest BCUT2D eigenvalue weighted by molar-refractivity contribution is -0.142. The fraction of sp³-hybridized carbons (Fsp3) is 0.833. The van der Waals surface area contributed by atoms with Crippen LogP contribution in [0.3, 0.4) is 0 Å². The Balaban J connectivity index is 1.49. The first kappa shape index (κ1) is 25.4. The maximum atomic E-state index is 12.6. The van der Waals surface area contributed by atoms with Gasteiger partial charge in [-0.15, -0.1) is 4.28 Å². The van der Waals surface area contributed by atoms with Gasteiger partial charge in [-0.3, -0.25) is 14.2 Å². The molecular formula is C18H30N4O10S. The highest BCUT2D eigenvalue weighted by Crippen LogP contribution is 2.30. The average Bonchev–Trinajstić information content (AvgIpc) is 2.87. The molecule has 0 saturated carbocycles. The number of carbonyl (C=O) groups is 3. The van der Waals surface area contributed by atoms with Gasteiger partial charge in [0.2, 0.25) is 0 Å². The topological polar surface area (TPSA) is 164 Å². The number of hydroxylamine groups is 3. The number of fused-ring (bicyclic) bond motifs is 2. The molecule has 0 spiro atoms. The first-order valence-corrected chi connectivity index (χ1v) is 12.0. The number of nitrogens with zero attached hydrogens (tertiary/aromatic N) is 3. The first-order valence-electron chi connectivity index (χ1n) is 10.6. The third-order valence-corrected chi connectivity index (χ3v) is 5.59. The second kappa shape index (κ2) is 9.97. The molecule has 3 aliphatic heterocycles. The van der Waals surface area contributed by atoms with Crippen molar-refractivity contribution in [3.63, 3.8) is 0 Å². The van der Waals surface area contributed by atoms with Crippen molar-refractivity contribution in [2.75, 3.05) is 32.8 Å². The third kappa shape index (κ3) is 6.89. The van der Waals surface area contributed by atoms with Crippen molar-refractivity contribution in [1.82, 2.24) is 20.3 Å². The van der Waals surface area contributed by atoms with E-state index in [0.29, 0.717) is 31.1 Å². The number of carbonyl (C=O) groups excluding carboxylic acids is 3. The molecule has 4 amide bonds. The zero-order chi connectivity index (χ0) is 24.4. The van der Waals surface area contributed by atoms with Crippen molar-refractivity contribution in [3.8, 4) is 0 Å². The Morgan fingerprint density at radius 3 is 2.64 bits per heavy atom. The Morgan fingerprint density at radius 1 is 1.24 bits per heavy atom.